The van der Waals surface area contributed by atoms with Crippen molar-refractivity contribution in [1.29, 1.82) is 0 Å². The third-order valence-corrected chi connectivity index (χ3v) is 3.05. The maximum absolute atomic E-state index is 12.2. The van der Waals surface area contributed by atoms with E-state index in [0.29, 0.717) is 16.0 Å². The Hall–Kier alpha value is -3.02. The number of nitrogen functional groups attached to an aromatic ring is 1. The number of hydrogen-bond donors (Lipinski definition) is 3. The van der Waals surface area contributed by atoms with Gasteiger partial charge in [0.25, 0.3) is 5.56 Å². The average Bonchev–Trinajstić information content (AvgIpc) is 2.46. The van der Waals surface area contributed by atoms with Crippen LogP contribution in [-0.2, 0) is 0 Å². The second-order valence-electron chi connectivity index (χ2n) is 4.35. The van der Waals surface area contributed by atoms with Crippen LogP contribution in [0.3, 0.4) is 0 Å². The normalized spacial score (nSPS) is 10.8. The van der Waals surface area contributed by atoms with E-state index in [0.717, 1.165) is 0 Å². The molecule has 3 aromatic rings. The van der Waals surface area contributed by atoms with Gasteiger partial charge in [-0.3, -0.25) is 4.79 Å². The van der Waals surface area contributed by atoms with Gasteiger partial charge in [0.2, 0.25) is 0 Å². The van der Waals surface area contributed by atoms with Gasteiger partial charge in [-0.15, -0.1) is 4.73 Å². The molecule has 0 unspecified atom stereocenters. The number of pyridine rings is 2. The molecule has 0 spiro atoms. The van der Waals surface area contributed by atoms with E-state index in [2.05, 4.69) is 4.98 Å². The predicted octanol–water partition coefficient (Wildman–Crippen LogP) is 1.59. The largest absolute Gasteiger partial charge is 0.506 e. The summed E-state index contributed by atoms with van der Waals surface area (Å²) >= 11 is 0. The van der Waals surface area contributed by atoms with Crippen molar-refractivity contribution in [1.82, 2.24) is 9.71 Å². The van der Waals surface area contributed by atoms with Crippen LogP contribution in [0.15, 0.2) is 47.4 Å². The quantitative estimate of drug-likeness (QED) is 0.582. The van der Waals surface area contributed by atoms with E-state index in [1.165, 1.54) is 12.3 Å². The van der Waals surface area contributed by atoms with E-state index in [-0.39, 0.29) is 22.3 Å². The first kappa shape index (κ1) is 12.0. The summed E-state index contributed by atoms with van der Waals surface area (Å²) in [6.45, 7) is 0. The van der Waals surface area contributed by atoms with Gasteiger partial charge in [0.05, 0.1) is 22.8 Å². The molecule has 6 nitrogen and oxygen atoms in total. The standard InChI is InChI=1S/C14H11N3O3/c15-9-6-10-12(18)11(8-4-2-1-3-5-8)14(19)17(20)13(10)16-7-9/h1-7,18,20H,15H2. The van der Waals surface area contributed by atoms with Crippen LogP contribution >= 0.6 is 0 Å². The monoisotopic (exact) mass is 269 g/mol. The highest BCUT2D eigenvalue weighted by Gasteiger charge is 2.18. The van der Waals surface area contributed by atoms with Crippen LogP contribution in [0.5, 0.6) is 5.75 Å². The van der Waals surface area contributed by atoms with E-state index in [1.54, 1.807) is 30.3 Å². The molecule has 0 saturated heterocycles. The van der Waals surface area contributed by atoms with Gasteiger partial charge in [-0.25, -0.2) is 4.98 Å². The molecule has 4 N–H and O–H groups in total. The minimum Gasteiger partial charge on any atom is -0.506 e. The van der Waals surface area contributed by atoms with Gasteiger partial charge in [0.15, 0.2) is 5.65 Å². The highest BCUT2D eigenvalue weighted by molar-refractivity contribution is 5.91. The van der Waals surface area contributed by atoms with E-state index in [1.807, 2.05) is 0 Å². The predicted molar refractivity (Wildman–Crippen MR) is 74.7 cm³/mol. The van der Waals surface area contributed by atoms with Gasteiger partial charge < -0.3 is 16.0 Å². The molecule has 6 heteroatoms. The molecule has 2 heterocycles. The fraction of sp³-hybridized carbons (Fsp3) is 0. The molecular formula is C14H11N3O3. The lowest BCUT2D eigenvalue weighted by molar-refractivity contribution is 0.186. The molecule has 0 saturated carbocycles. The van der Waals surface area contributed by atoms with Gasteiger partial charge in [0, 0.05) is 0 Å². The molecule has 0 atom stereocenters. The highest BCUT2D eigenvalue weighted by atomic mass is 16.5. The molecule has 1 aromatic carbocycles. The summed E-state index contributed by atoms with van der Waals surface area (Å²) in [5.41, 5.74) is 5.68. The van der Waals surface area contributed by atoms with Crippen LogP contribution in [0.4, 0.5) is 5.69 Å². The van der Waals surface area contributed by atoms with Gasteiger partial charge in [-0.2, -0.15) is 0 Å². The zero-order valence-corrected chi connectivity index (χ0v) is 10.3. The van der Waals surface area contributed by atoms with E-state index in [9.17, 15) is 15.1 Å². The zero-order chi connectivity index (χ0) is 14.3. The Morgan fingerprint density at radius 3 is 2.60 bits per heavy atom. The van der Waals surface area contributed by atoms with Crippen LogP contribution in [-0.4, -0.2) is 20.0 Å². The van der Waals surface area contributed by atoms with Gasteiger partial charge in [-0.05, 0) is 11.6 Å². The molecule has 2 aromatic heterocycles. The third-order valence-electron chi connectivity index (χ3n) is 3.05. The molecule has 0 amide bonds. The summed E-state index contributed by atoms with van der Waals surface area (Å²) in [5, 5.41) is 20.4. The van der Waals surface area contributed by atoms with Crippen molar-refractivity contribution in [3.8, 4) is 16.9 Å². The Labute approximate surface area is 113 Å². The minimum absolute atomic E-state index is 0.00741. The number of nitrogens with zero attached hydrogens (tertiary/aromatic N) is 2. The second-order valence-corrected chi connectivity index (χ2v) is 4.35. The number of hydrogen-bond acceptors (Lipinski definition) is 5. The number of aromatic hydroxyl groups is 1. The maximum atomic E-state index is 12.2. The lowest BCUT2D eigenvalue weighted by atomic mass is 10.0. The van der Waals surface area contributed by atoms with Crippen LogP contribution in [0.2, 0.25) is 0 Å². The van der Waals surface area contributed by atoms with E-state index in [4.69, 9.17) is 5.73 Å². The molecule has 3 rings (SSSR count). The van der Waals surface area contributed by atoms with Crippen molar-refractivity contribution in [3.63, 3.8) is 0 Å². The first-order valence-electron chi connectivity index (χ1n) is 5.87. The van der Waals surface area contributed by atoms with Crippen LogP contribution in [0.25, 0.3) is 22.2 Å². The van der Waals surface area contributed by atoms with Crippen molar-refractivity contribution in [3.05, 3.63) is 52.9 Å². The Bertz CT molecular complexity index is 857. The first-order chi connectivity index (χ1) is 9.59. The number of benzene rings is 1. The third kappa shape index (κ3) is 1.66. The number of fused-ring (bicyclic) bond motifs is 1. The summed E-state index contributed by atoms with van der Waals surface area (Å²) in [6, 6.07) is 10.0. The molecule has 100 valence electrons. The Morgan fingerprint density at radius 1 is 1.20 bits per heavy atom. The van der Waals surface area contributed by atoms with Crippen molar-refractivity contribution < 1.29 is 10.3 Å². The summed E-state index contributed by atoms with van der Waals surface area (Å²) in [6.07, 6.45) is 1.30. The topological polar surface area (TPSA) is 101 Å². The summed E-state index contributed by atoms with van der Waals surface area (Å²) < 4.78 is 0.414. The van der Waals surface area contributed by atoms with Crippen LogP contribution in [0, 0.1) is 0 Å². The number of nitrogens with two attached hydrogens (primary N) is 1. The number of aromatic nitrogens is 2. The summed E-state index contributed by atoms with van der Waals surface area (Å²) in [7, 11) is 0. The van der Waals surface area contributed by atoms with Crippen molar-refractivity contribution in [2.75, 3.05) is 5.73 Å². The molecule has 0 radical (unpaired) electrons. The van der Waals surface area contributed by atoms with E-state index >= 15 is 0 Å². The Balaban J connectivity index is 2.48. The average molecular weight is 269 g/mol. The lowest BCUT2D eigenvalue weighted by Gasteiger charge is -2.10. The van der Waals surface area contributed by atoms with Gasteiger partial charge in [0.1, 0.15) is 5.75 Å². The van der Waals surface area contributed by atoms with Gasteiger partial charge >= 0.3 is 0 Å². The smallest absolute Gasteiger partial charge is 0.296 e. The second kappa shape index (κ2) is 4.27. The molecule has 0 fully saturated rings. The van der Waals surface area contributed by atoms with Gasteiger partial charge in [-0.1, -0.05) is 30.3 Å². The molecule has 20 heavy (non-hydrogen) atoms. The molecule has 0 aliphatic carbocycles. The number of anilines is 1. The minimum atomic E-state index is -0.738. The summed E-state index contributed by atoms with van der Waals surface area (Å²) in [4.78, 5) is 16.0. The number of rotatable bonds is 1. The van der Waals surface area contributed by atoms with Crippen LogP contribution < -0.4 is 11.3 Å². The van der Waals surface area contributed by atoms with Crippen LogP contribution in [0.1, 0.15) is 0 Å². The van der Waals surface area contributed by atoms with Crippen molar-refractivity contribution in [2.45, 2.75) is 0 Å². The lowest BCUT2D eigenvalue weighted by Crippen LogP contribution is -2.21. The maximum Gasteiger partial charge on any atom is 0.296 e. The zero-order valence-electron chi connectivity index (χ0n) is 10.3. The summed E-state index contributed by atoms with van der Waals surface area (Å²) in [5.74, 6) is -0.249. The molecule has 0 bridgehead atoms. The van der Waals surface area contributed by atoms with E-state index < -0.39 is 5.56 Å². The van der Waals surface area contributed by atoms with Crippen molar-refractivity contribution >= 4 is 16.7 Å². The fourth-order valence-electron chi connectivity index (χ4n) is 2.12. The molecule has 0 aliphatic rings. The first-order valence-corrected chi connectivity index (χ1v) is 5.87. The SMILES string of the molecule is Nc1cnc2c(c1)c(O)c(-c1ccccc1)c(=O)n2O. The fourth-order valence-corrected chi connectivity index (χ4v) is 2.12. The molecule has 0 aliphatic heterocycles. The molecular weight excluding hydrogens is 258 g/mol. The highest BCUT2D eigenvalue weighted by Crippen LogP contribution is 2.32. The Morgan fingerprint density at radius 2 is 1.90 bits per heavy atom. The Kier molecular flexibility index (Phi) is 2.57. The van der Waals surface area contributed by atoms with Crippen molar-refractivity contribution in [2.24, 2.45) is 0 Å².